The Bertz CT molecular complexity index is 235. The van der Waals surface area contributed by atoms with Crippen molar-refractivity contribution in [2.45, 2.75) is 12.5 Å². The standard InChI is InChI=1S/C5H8N4OS/c6-3(1-5(7)10)4-2-11-9-8-4/h2-3H,1,6H2,(H2,7,10). The lowest BCUT2D eigenvalue weighted by Gasteiger charge is -2.02. The second-order valence-electron chi connectivity index (χ2n) is 2.11. The molecule has 1 aromatic heterocycles. The lowest BCUT2D eigenvalue weighted by molar-refractivity contribution is -0.118. The van der Waals surface area contributed by atoms with E-state index in [0.717, 1.165) is 0 Å². The van der Waals surface area contributed by atoms with E-state index in [1.807, 2.05) is 0 Å². The third-order valence-corrected chi connectivity index (χ3v) is 1.70. The molecule has 5 nitrogen and oxygen atoms in total. The van der Waals surface area contributed by atoms with Crippen LogP contribution in [0.25, 0.3) is 0 Å². The Hall–Kier alpha value is -1.01. The number of amides is 1. The molecule has 0 aliphatic heterocycles. The second-order valence-corrected chi connectivity index (χ2v) is 2.72. The minimum atomic E-state index is -0.425. The third-order valence-electron chi connectivity index (χ3n) is 1.18. The summed E-state index contributed by atoms with van der Waals surface area (Å²) in [7, 11) is 0. The fourth-order valence-corrected chi connectivity index (χ4v) is 1.17. The van der Waals surface area contributed by atoms with Crippen LogP contribution >= 0.6 is 11.5 Å². The SMILES string of the molecule is NC(=O)CC(N)c1csnn1. The Kier molecular flexibility index (Phi) is 2.50. The average Bonchev–Trinajstić information content (AvgIpc) is 2.35. The maximum absolute atomic E-state index is 10.4. The van der Waals surface area contributed by atoms with Gasteiger partial charge in [0, 0.05) is 11.8 Å². The highest BCUT2D eigenvalue weighted by Gasteiger charge is 2.10. The topological polar surface area (TPSA) is 94.9 Å². The van der Waals surface area contributed by atoms with Crippen LogP contribution in [0.15, 0.2) is 5.38 Å². The van der Waals surface area contributed by atoms with Crippen LogP contribution < -0.4 is 11.5 Å². The molecule has 1 unspecified atom stereocenters. The van der Waals surface area contributed by atoms with Gasteiger partial charge in [-0.2, -0.15) is 0 Å². The van der Waals surface area contributed by atoms with E-state index in [1.54, 1.807) is 5.38 Å². The molecule has 0 aliphatic carbocycles. The van der Waals surface area contributed by atoms with Gasteiger partial charge in [-0.15, -0.1) is 5.10 Å². The van der Waals surface area contributed by atoms with Crippen molar-refractivity contribution in [2.24, 2.45) is 11.5 Å². The van der Waals surface area contributed by atoms with Crippen molar-refractivity contribution in [3.05, 3.63) is 11.1 Å². The first-order chi connectivity index (χ1) is 5.20. The van der Waals surface area contributed by atoms with E-state index in [9.17, 15) is 4.79 Å². The molecule has 1 heterocycles. The van der Waals surface area contributed by atoms with Gasteiger partial charge in [0.25, 0.3) is 0 Å². The summed E-state index contributed by atoms with van der Waals surface area (Å²) in [6.07, 6.45) is 0.116. The molecule has 60 valence electrons. The largest absolute Gasteiger partial charge is 0.370 e. The Morgan fingerprint density at radius 2 is 2.55 bits per heavy atom. The van der Waals surface area contributed by atoms with Crippen molar-refractivity contribution in [3.63, 3.8) is 0 Å². The van der Waals surface area contributed by atoms with Crippen LogP contribution in [0.5, 0.6) is 0 Å². The summed E-state index contributed by atoms with van der Waals surface area (Å²) in [6.45, 7) is 0. The summed E-state index contributed by atoms with van der Waals surface area (Å²) in [5.74, 6) is -0.425. The van der Waals surface area contributed by atoms with E-state index in [2.05, 4.69) is 9.59 Å². The number of nitrogens with two attached hydrogens (primary N) is 2. The van der Waals surface area contributed by atoms with E-state index in [-0.39, 0.29) is 6.42 Å². The van der Waals surface area contributed by atoms with Crippen LogP contribution in [-0.4, -0.2) is 15.5 Å². The van der Waals surface area contributed by atoms with E-state index in [0.29, 0.717) is 5.69 Å². The van der Waals surface area contributed by atoms with Gasteiger partial charge in [0.15, 0.2) is 0 Å². The highest BCUT2D eigenvalue weighted by molar-refractivity contribution is 7.03. The number of aromatic nitrogens is 2. The predicted molar refractivity (Wildman–Crippen MR) is 40.6 cm³/mol. The van der Waals surface area contributed by atoms with Crippen LogP contribution in [0.2, 0.25) is 0 Å². The van der Waals surface area contributed by atoms with Crippen molar-refractivity contribution in [1.82, 2.24) is 9.59 Å². The summed E-state index contributed by atoms with van der Waals surface area (Å²) >= 11 is 1.20. The predicted octanol–water partition coefficient (Wildman–Crippen LogP) is -0.587. The highest BCUT2D eigenvalue weighted by atomic mass is 32.1. The van der Waals surface area contributed by atoms with Crippen molar-refractivity contribution >= 4 is 17.4 Å². The van der Waals surface area contributed by atoms with Crippen LogP contribution in [0, 0.1) is 0 Å². The lowest BCUT2D eigenvalue weighted by Crippen LogP contribution is -2.20. The molecular formula is C5H8N4OS. The summed E-state index contributed by atoms with van der Waals surface area (Å²) < 4.78 is 3.61. The highest BCUT2D eigenvalue weighted by Crippen LogP contribution is 2.10. The summed E-state index contributed by atoms with van der Waals surface area (Å²) in [5, 5.41) is 5.41. The van der Waals surface area contributed by atoms with Gasteiger partial charge in [-0.3, -0.25) is 4.79 Å². The van der Waals surface area contributed by atoms with E-state index in [1.165, 1.54) is 11.5 Å². The zero-order valence-electron chi connectivity index (χ0n) is 5.73. The Morgan fingerprint density at radius 1 is 1.82 bits per heavy atom. The third kappa shape index (κ3) is 2.24. The molecule has 0 spiro atoms. The van der Waals surface area contributed by atoms with Gasteiger partial charge in [0.1, 0.15) is 0 Å². The van der Waals surface area contributed by atoms with Crippen molar-refractivity contribution < 1.29 is 4.79 Å². The fraction of sp³-hybridized carbons (Fsp3) is 0.400. The first-order valence-electron chi connectivity index (χ1n) is 3.01. The van der Waals surface area contributed by atoms with E-state index >= 15 is 0 Å². The van der Waals surface area contributed by atoms with Crippen molar-refractivity contribution in [1.29, 1.82) is 0 Å². The molecule has 4 N–H and O–H groups in total. The fourth-order valence-electron chi connectivity index (χ4n) is 0.655. The van der Waals surface area contributed by atoms with Crippen molar-refractivity contribution in [2.75, 3.05) is 0 Å². The smallest absolute Gasteiger partial charge is 0.219 e. The molecule has 0 aliphatic rings. The Morgan fingerprint density at radius 3 is 3.00 bits per heavy atom. The van der Waals surface area contributed by atoms with Crippen LogP contribution in [0.1, 0.15) is 18.2 Å². The first-order valence-corrected chi connectivity index (χ1v) is 3.84. The molecule has 0 aromatic carbocycles. The molecule has 0 radical (unpaired) electrons. The average molecular weight is 172 g/mol. The summed E-state index contributed by atoms with van der Waals surface area (Å²) in [6, 6.07) is -0.411. The molecular weight excluding hydrogens is 164 g/mol. The number of nitrogens with zero attached hydrogens (tertiary/aromatic N) is 2. The maximum Gasteiger partial charge on any atom is 0.219 e. The first kappa shape index (κ1) is 8.09. The lowest BCUT2D eigenvalue weighted by atomic mass is 10.2. The molecule has 0 saturated carbocycles. The Labute approximate surface area is 67.6 Å². The zero-order chi connectivity index (χ0) is 8.27. The molecule has 1 aromatic rings. The zero-order valence-corrected chi connectivity index (χ0v) is 6.54. The van der Waals surface area contributed by atoms with Gasteiger partial charge in [-0.1, -0.05) is 4.49 Å². The number of primary amides is 1. The number of carbonyl (C=O) groups is 1. The molecule has 0 saturated heterocycles. The van der Waals surface area contributed by atoms with Crippen LogP contribution in [0.4, 0.5) is 0 Å². The molecule has 0 fully saturated rings. The number of carbonyl (C=O) groups excluding carboxylic acids is 1. The molecule has 1 amide bonds. The van der Waals surface area contributed by atoms with Gasteiger partial charge < -0.3 is 11.5 Å². The van der Waals surface area contributed by atoms with Gasteiger partial charge in [0.2, 0.25) is 5.91 Å². The second kappa shape index (κ2) is 3.40. The minimum Gasteiger partial charge on any atom is -0.370 e. The normalized spacial score (nSPS) is 12.8. The maximum atomic E-state index is 10.4. The van der Waals surface area contributed by atoms with Gasteiger partial charge in [-0.25, -0.2) is 0 Å². The van der Waals surface area contributed by atoms with Crippen molar-refractivity contribution in [3.8, 4) is 0 Å². The quantitative estimate of drug-likeness (QED) is 0.637. The summed E-state index contributed by atoms with van der Waals surface area (Å²) in [5.41, 5.74) is 11.1. The van der Waals surface area contributed by atoms with Gasteiger partial charge in [0.05, 0.1) is 11.7 Å². The minimum absolute atomic E-state index is 0.116. The Balaban J connectivity index is 2.56. The number of hydrogen-bond acceptors (Lipinski definition) is 5. The summed E-state index contributed by atoms with van der Waals surface area (Å²) in [4.78, 5) is 10.4. The number of hydrogen-bond donors (Lipinski definition) is 2. The van der Waals surface area contributed by atoms with Gasteiger partial charge in [-0.05, 0) is 11.5 Å². The molecule has 1 rings (SSSR count). The monoisotopic (exact) mass is 172 g/mol. The van der Waals surface area contributed by atoms with Gasteiger partial charge >= 0.3 is 0 Å². The molecule has 0 bridgehead atoms. The van der Waals surface area contributed by atoms with Crippen LogP contribution in [0.3, 0.4) is 0 Å². The van der Waals surface area contributed by atoms with Crippen LogP contribution in [-0.2, 0) is 4.79 Å². The molecule has 1 atom stereocenters. The number of rotatable bonds is 3. The molecule has 6 heteroatoms. The van der Waals surface area contributed by atoms with E-state index < -0.39 is 11.9 Å². The molecule has 11 heavy (non-hydrogen) atoms. The van der Waals surface area contributed by atoms with E-state index in [4.69, 9.17) is 11.5 Å².